The molecule has 16 heavy (non-hydrogen) atoms. The highest BCUT2D eigenvalue weighted by molar-refractivity contribution is 5.82. The minimum Gasteiger partial charge on any atom is -0.378 e. The van der Waals surface area contributed by atoms with E-state index >= 15 is 0 Å². The van der Waals surface area contributed by atoms with Gasteiger partial charge in [-0.15, -0.1) is 0 Å². The van der Waals surface area contributed by atoms with Crippen molar-refractivity contribution < 1.29 is 9.90 Å². The Morgan fingerprint density at radius 3 is 2.88 bits per heavy atom. The summed E-state index contributed by atoms with van der Waals surface area (Å²) in [5.41, 5.74) is 0.540. The molecule has 0 bridgehead atoms. The van der Waals surface area contributed by atoms with Crippen molar-refractivity contribution in [3.8, 4) is 6.07 Å². The average Bonchev–Trinajstić information content (AvgIpc) is 2.27. The van der Waals surface area contributed by atoms with Crippen LogP contribution in [0, 0.1) is 11.3 Å². The van der Waals surface area contributed by atoms with Gasteiger partial charge in [0.1, 0.15) is 11.8 Å². The normalized spacial score (nSPS) is 11.9. The smallest absolute Gasteiger partial charge is 0.253 e. The van der Waals surface area contributed by atoms with Gasteiger partial charge < -0.3 is 10.4 Å². The maximum atomic E-state index is 11.5. The Labute approximate surface area is 93.7 Å². The van der Waals surface area contributed by atoms with Gasteiger partial charge in [-0.3, -0.25) is 4.79 Å². The van der Waals surface area contributed by atoms with E-state index in [-0.39, 0.29) is 11.7 Å². The van der Waals surface area contributed by atoms with Crippen LogP contribution < -0.4 is 5.32 Å². The first-order valence-corrected chi connectivity index (χ1v) is 4.89. The number of aliphatic hydroxyl groups excluding tert-OH is 1. The SMILES string of the molecule is CC(C)NC(=O)C(O)c1ccnc(C#N)c1. The molecule has 0 saturated carbocycles. The standard InChI is InChI=1S/C11H13N3O2/c1-7(2)14-11(16)10(15)8-3-4-13-9(5-8)6-12/h3-5,7,10,15H,1-2H3,(H,14,16). The van der Waals surface area contributed by atoms with Crippen LogP contribution in [0.1, 0.15) is 31.2 Å². The fourth-order valence-corrected chi connectivity index (χ4v) is 1.19. The minimum atomic E-state index is -1.27. The molecule has 0 aliphatic carbocycles. The van der Waals surface area contributed by atoms with Crippen molar-refractivity contribution >= 4 is 5.91 Å². The zero-order valence-corrected chi connectivity index (χ0v) is 9.14. The monoisotopic (exact) mass is 219 g/mol. The van der Waals surface area contributed by atoms with Gasteiger partial charge in [0.25, 0.3) is 5.91 Å². The van der Waals surface area contributed by atoms with E-state index in [9.17, 15) is 9.90 Å². The fraction of sp³-hybridized carbons (Fsp3) is 0.364. The number of pyridine rings is 1. The molecule has 1 aromatic heterocycles. The van der Waals surface area contributed by atoms with Crippen molar-refractivity contribution in [2.45, 2.75) is 26.0 Å². The molecule has 2 N–H and O–H groups in total. The van der Waals surface area contributed by atoms with Crippen LogP contribution in [0.15, 0.2) is 18.3 Å². The molecule has 1 aromatic rings. The van der Waals surface area contributed by atoms with Crippen LogP contribution in [-0.4, -0.2) is 22.0 Å². The van der Waals surface area contributed by atoms with E-state index in [0.29, 0.717) is 5.56 Å². The molecule has 0 spiro atoms. The summed E-state index contributed by atoms with van der Waals surface area (Å²) in [6, 6.07) is 4.70. The molecule has 0 aliphatic rings. The topological polar surface area (TPSA) is 86.0 Å². The molecular weight excluding hydrogens is 206 g/mol. The van der Waals surface area contributed by atoms with Crippen LogP contribution in [0.2, 0.25) is 0 Å². The predicted octanol–water partition coefficient (Wildman–Crippen LogP) is 0.511. The molecule has 1 unspecified atom stereocenters. The molecule has 1 heterocycles. The first-order chi connectivity index (χ1) is 7.54. The van der Waals surface area contributed by atoms with Crippen molar-refractivity contribution in [3.63, 3.8) is 0 Å². The van der Waals surface area contributed by atoms with Crippen LogP contribution in [-0.2, 0) is 4.79 Å². The first-order valence-electron chi connectivity index (χ1n) is 4.89. The number of hydrogen-bond donors (Lipinski definition) is 2. The number of amides is 1. The Morgan fingerprint density at radius 2 is 2.31 bits per heavy atom. The molecule has 0 aromatic carbocycles. The third-order valence-electron chi connectivity index (χ3n) is 1.89. The highest BCUT2D eigenvalue weighted by Crippen LogP contribution is 2.13. The van der Waals surface area contributed by atoms with Crippen LogP contribution in [0.5, 0.6) is 0 Å². The number of nitrogens with one attached hydrogen (secondary N) is 1. The van der Waals surface area contributed by atoms with Crippen LogP contribution in [0.4, 0.5) is 0 Å². The molecule has 1 atom stereocenters. The van der Waals surface area contributed by atoms with Crippen molar-refractivity contribution in [1.82, 2.24) is 10.3 Å². The molecule has 0 saturated heterocycles. The summed E-state index contributed by atoms with van der Waals surface area (Å²) in [5, 5.41) is 20.9. The largest absolute Gasteiger partial charge is 0.378 e. The number of carbonyl (C=O) groups is 1. The summed E-state index contributed by atoms with van der Waals surface area (Å²) >= 11 is 0. The molecule has 5 nitrogen and oxygen atoms in total. The van der Waals surface area contributed by atoms with Gasteiger partial charge in [0.05, 0.1) is 0 Å². The highest BCUT2D eigenvalue weighted by Gasteiger charge is 2.18. The lowest BCUT2D eigenvalue weighted by Crippen LogP contribution is -2.34. The fourth-order valence-electron chi connectivity index (χ4n) is 1.19. The van der Waals surface area contributed by atoms with Gasteiger partial charge in [0.2, 0.25) is 0 Å². The molecule has 0 aliphatic heterocycles. The molecule has 0 fully saturated rings. The zero-order chi connectivity index (χ0) is 12.1. The van der Waals surface area contributed by atoms with Gasteiger partial charge >= 0.3 is 0 Å². The third-order valence-corrected chi connectivity index (χ3v) is 1.89. The molecule has 1 rings (SSSR count). The Kier molecular flexibility index (Phi) is 3.97. The van der Waals surface area contributed by atoms with Crippen molar-refractivity contribution in [2.75, 3.05) is 0 Å². The number of nitriles is 1. The lowest BCUT2D eigenvalue weighted by atomic mass is 10.1. The number of hydrogen-bond acceptors (Lipinski definition) is 4. The van der Waals surface area contributed by atoms with Gasteiger partial charge in [0, 0.05) is 12.2 Å². The van der Waals surface area contributed by atoms with Crippen molar-refractivity contribution in [1.29, 1.82) is 5.26 Å². The highest BCUT2D eigenvalue weighted by atomic mass is 16.3. The Hall–Kier alpha value is -1.93. The number of aromatic nitrogens is 1. The summed E-state index contributed by atoms with van der Waals surface area (Å²) in [7, 11) is 0. The van der Waals surface area contributed by atoms with Gasteiger partial charge in [-0.2, -0.15) is 5.26 Å². The first kappa shape index (κ1) is 12.1. The van der Waals surface area contributed by atoms with Gasteiger partial charge in [-0.25, -0.2) is 4.98 Å². The summed E-state index contributed by atoms with van der Waals surface area (Å²) in [5.74, 6) is -0.481. The second-order valence-corrected chi connectivity index (χ2v) is 3.65. The number of nitrogens with zero attached hydrogens (tertiary/aromatic N) is 2. The molecule has 5 heteroatoms. The maximum absolute atomic E-state index is 11.5. The Morgan fingerprint density at radius 1 is 1.62 bits per heavy atom. The minimum absolute atomic E-state index is 0.0422. The van der Waals surface area contributed by atoms with Crippen LogP contribution in [0.3, 0.4) is 0 Å². The van der Waals surface area contributed by atoms with Gasteiger partial charge in [0.15, 0.2) is 6.10 Å². The summed E-state index contributed by atoms with van der Waals surface area (Å²) in [6.45, 7) is 3.61. The van der Waals surface area contributed by atoms with E-state index in [1.807, 2.05) is 6.07 Å². The number of aliphatic hydroxyl groups is 1. The van der Waals surface area contributed by atoms with E-state index in [1.165, 1.54) is 18.3 Å². The van der Waals surface area contributed by atoms with Gasteiger partial charge in [-0.05, 0) is 31.5 Å². The lowest BCUT2D eigenvalue weighted by molar-refractivity contribution is -0.130. The second-order valence-electron chi connectivity index (χ2n) is 3.65. The van der Waals surface area contributed by atoms with E-state index in [4.69, 9.17) is 5.26 Å². The Balaban J connectivity index is 2.84. The molecular formula is C11H13N3O2. The van der Waals surface area contributed by atoms with Crippen molar-refractivity contribution in [3.05, 3.63) is 29.6 Å². The predicted molar refractivity (Wildman–Crippen MR) is 57.2 cm³/mol. The average molecular weight is 219 g/mol. The van der Waals surface area contributed by atoms with E-state index < -0.39 is 12.0 Å². The van der Waals surface area contributed by atoms with Gasteiger partial charge in [-0.1, -0.05) is 0 Å². The molecule has 1 amide bonds. The van der Waals surface area contributed by atoms with Crippen molar-refractivity contribution in [2.24, 2.45) is 0 Å². The summed E-state index contributed by atoms with van der Waals surface area (Å²) in [4.78, 5) is 15.2. The van der Waals surface area contributed by atoms with Crippen LogP contribution >= 0.6 is 0 Å². The molecule has 84 valence electrons. The Bertz CT molecular complexity index is 423. The lowest BCUT2D eigenvalue weighted by Gasteiger charge is -2.13. The third kappa shape index (κ3) is 3.04. The summed E-state index contributed by atoms with van der Waals surface area (Å²) < 4.78 is 0. The summed E-state index contributed by atoms with van der Waals surface area (Å²) in [6.07, 6.45) is 0.122. The number of carbonyl (C=O) groups excluding carboxylic acids is 1. The molecule has 0 radical (unpaired) electrons. The van der Waals surface area contributed by atoms with E-state index in [0.717, 1.165) is 0 Å². The zero-order valence-electron chi connectivity index (χ0n) is 9.14. The van der Waals surface area contributed by atoms with Crippen LogP contribution in [0.25, 0.3) is 0 Å². The maximum Gasteiger partial charge on any atom is 0.253 e. The quantitative estimate of drug-likeness (QED) is 0.775. The second kappa shape index (κ2) is 5.24. The van der Waals surface area contributed by atoms with E-state index in [1.54, 1.807) is 13.8 Å². The van der Waals surface area contributed by atoms with E-state index in [2.05, 4.69) is 10.3 Å². The number of rotatable bonds is 3.